The Balaban J connectivity index is 1.81. The molecule has 0 spiro atoms. The molecule has 7 heteroatoms. The molecule has 0 radical (unpaired) electrons. The quantitative estimate of drug-likeness (QED) is 0.734. The Morgan fingerprint density at radius 3 is 2.50 bits per heavy atom. The topological polar surface area (TPSA) is 58.4 Å². The average Bonchev–Trinajstić information content (AvgIpc) is 2.92. The molecule has 0 aliphatic heterocycles. The lowest BCUT2D eigenvalue weighted by Crippen LogP contribution is -2.34. The molecule has 2 aromatic heterocycles. The Labute approximate surface area is 143 Å². The van der Waals surface area contributed by atoms with Gasteiger partial charge in [0.1, 0.15) is 4.83 Å². The number of fused-ring (bicyclic) bond motifs is 1. The van der Waals surface area contributed by atoms with Gasteiger partial charge in [-0.05, 0) is 41.4 Å². The van der Waals surface area contributed by atoms with Gasteiger partial charge in [0.15, 0.2) is 0 Å². The molecule has 0 aliphatic carbocycles. The minimum Gasteiger partial charge on any atom is -0.378 e. The molecule has 0 saturated carbocycles. The van der Waals surface area contributed by atoms with E-state index in [9.17, 15) is 9.59 Å². The summed E-state index contributed by atoms with van der Waals surface area (Å²) in [6.45, 7) is 0.431. The largest absolute Gasteiger partial charge is 0.378 e. The number of nitrogens with zero attached hydrogens (tertiary/aromatic N) is 4. The third-order valence-electron chi connectivity index (χ3n) is 3.74. The molecule has 0 aliphatic rings. The molecule has 3 rings (SSSR count). The number of hydrogen-bond donors (Lipinski definition) is 0. The van der Waals surface area contributed by atoms with Crippen molar-refractivity contribution in [3.63, 3.8) is 0 Å². The lowest BCUT2D eigenvalue weighted by Gasteiger charge is -2.17. The van der Waals surface area contributed by atoms with Gasteiger partial charge in [0, 0.05) is 39.6 Å². The van der Waals surface area contributed by atoms with Gasteiger partial charge >= 0.3 is 6.03 Å². The molecule has 0 bridgehead atoms. The lowest BCUT2D eigenvalue weighted by atomic mass is 10.2. The van der Waals surface area contributed by atoms with Crippen LogP contribution in [0.2, 0.25) is 0 Å². The summed E-state index contributed by atoms with van der Waals surface area (Å²) in [4.78, 5) is 33.2. The summed E-state index contributed by atoms with van der Waals surface area (Å²) in [5.74, 6) is 0. The Bertz CT molecular complexity index is 928. The van der Waals surface area contributed by atoms with E-state index in [2.05, 4.69) is 4.98 Å². The van der Waals surface area contributed by atoms with Crippen LogP contribution in [0.1, 0.15) is 5.56 Å². The summed E-state index contributed by atoms with van der Waals surface area (Å²) in [6.07, 6.45) is 1.61. The van der Waals surface area contributed by atoms with Crippen molar-refractivity contribution in [2.75, 3.05) is 26.0 Å². The van der Waals surface area contributed by atoms with Gasteiger partial charge < -0.3 is 9.80 Å². The normalized spacial score (nSPS) is 10.8. The fourth-order valence-corrected chi connectivity index (χ4v) is 3.32. The van der Waals surface area contributed by atoms with Crippen LogP contribution in [0, 0.1) is 0 Å². The summed E-state index contributed by atoms with van der Waals surface area (Å²) >= 11 is 1.07. The van der Waals surface area contributed by atoms with Gasteiger partial charge in [-0.1, -0.05) is 12.1 Å². The maximum atomic E-state index is 12.6. The number of benzene rings is 1. The van der Waals surface area contributed by atoms with Crippen LogP contribution in [-0.4, -0.2) is 41.0 Å². The molecule has 6 nitrogen and oxygen atoms in total. The van der Waals surface area contributed by atoms with Crippen LogP contribution in [0.5, 0.6) is 0 Å². The van der Waals surface area contributed by atoms with Crippen LogP contribution in [0.3, 0.4) is 0 Å². The zero-order chi connectivity index (χ0) is 17.3. The third kappa shape index (κ3) is 3.03. The van der Waals surface area contributed by atoms with E-state index in [0.29, 0.717) is 16.8 Å². The predicted octanol–water partition coefficient (Wildman–Crippen LogP) is 2.62. The molecule has 0 atom stereocenters. The molecule has 0 fully saturated rings. The molecule has 1 aromatic carbocycles. The van der Waals surface area contributed by atoms with Crippen molar-refractivity contribution in [1.29, 1.82) is 0 Å². The molecule has 124 valence electrons. The number of hydrogen-bond acceptors (Lipinski definition) is 5. The first kappa shape index (κ1) is 16.2. The van der Waals surface area contributed by atoms with Crippen molar-refractivity contribution in [2.45, 2.75) is 6.54 Å². The van der Waals surface area contributed by atoms with Crippen LogP contribution >= 0.6 is 11.5 Å². The number of carbonyl (C=O) groups excluding carboxylic acids is 1. The number of amides is 1. The van der Waals surface area contributed by atoms with Crippen molar-refractivity contribution in [3.8, 4) is 0 Å². The number of aromatic nitrogens is 2. The second-order valence-electron chi connectivity index (χ2n) is 5.75. The van der Waals surface area contributed by atoms with Gasteiger partial charge in [-0.25, -0.2) is 9.78 Å². The first-order chi connectivity index (χ1) is 11.5. The lowest BCUT2D eigenvalue weighted by molar-refractivity contribution is 0.210. The molecule has 0 N–H and O–H groups in total. The zero-order valence-corrected chi connectivity index (χ0v) is 14.6. The van der Waals surface area contributed by atoms with Crippen molar-refractivity contribution in [1.82, 2.24) is 13.8 Å². The van der Waals surface area contributed by atoms with Crippen LogP contribution < -0.4 is 10.5 Å². The number of carbonyl (C=O) groups is 1. The average molecular weight is 342 g/mol. The summed E-state index contributed by atoms with van der Waals surface area (Å²) < 4.78 is 1.16. The maximum Gasteiger partial charge on any atom is 0.340 e. The van der Waals surface area contributed by atoms with E-state index in [4.69, 9.17) is 0 Å². The first-order valence-electron chi connectivity index (χ1n) is 7.46. The summed E-state index contributed by atoms with van der Waals surface area (Å²) in [5.41, 5.74) is 1.78. The molecular weight excluding hydrogens is 324 g/mol. The highest BCUT2D eigenvalue weighted by atomic mass is 32.1. The second-order valence-corrected chi connectivity index (χ2v) is 6.68. The van der Waals surface area contributed by atoms with E-state index in [1.54, 1.807) is 25.4 Å². The van der Waals surface area contributed by atoms with Gasteiger partial charge in [0.05, 0.1) is 5.39 Å². The second kappa shape index (κ2) is 6.45. The van der Waals surface area contributed by atoms with Gasteiger partial charge in [0.2, 0.25) is 0 Å². The van der Waals surface area contributed by atoms with Crippen LogP contribution in [0.15, 0.2) is 47.4 Å². The monoisotopic (exact) mass is 342 g/mol. The minimum atomic E-state index is -0.348. The molecule has 3 aromatic rings. The number of anilines is 1. The van der Waals surface area contributed by atoms with Crippen molar-refractivity contribution in [2.24, 2.45) is 0 Å². The Hall–Kier alpha value is -2.67. The van der Waals surface area contributed by atoms with Crippen molar-refractivity contribution < 1.29 is 4.79 Å². The van der Waals surface area contributed by atoms with Crippen LogP contribution in [-0.2, 0) is 6.54 Å². The van der Waals surface area contributed by atoms with E-state index < -0.39 is 0 Å². The molecule has 24 heavy (non-hydrogen) atoms. The Kier molecular flexibility index (Phi) is 4.35. The predicted molar refractivity (Wildman–Crippen MR) is 96.9 cm³/mol. The standard InChI is InChI=1S/C17H18N4O2S/c1-19(2)13-8-6-12(7-9-13)11-20(3)17(23)21-16(22)14-5-4-10-18-15(14)24-21/h4-10H,11H2,1-3H3. The first-order valence-corrected chi connectivity index (χ1v) is 8.23. The van der Waals surface area contributed by atoms with E-state index in [-0.39, 0.29) is 11.6 Å². The van der Waals surface area contributed by atoms with Crippen LogP contribution in [0.25, 0.3) is 10.2 Å². The Morgan fingerprint density at radius 1 is 1.17 bits per heavy atom. The smallest absolute Gasteiger partial charge is 0.340 e. The van der Waals surface area contributed by atoms with Gasteiger partial charge in [-0.3, -0.25) is 4.79 Å². The third-order valence-corrected chi connectivity index (χ3v) is 4.74. The van der Waals surface area contributed by atoms with E-state index in [1.165, 1.54) is 4.90 Å². The molecule has 1 amide bonds. The van der Waals surface area contributed by atoms with Gasteiger partial charge in [-0.2, -0.15) is 3.96 Å². The highest BCUT2D eigenvalue weighted by Gasteiger charge is 2.18. The van der Waals surface area contributed by atoms with Crippen molar-refractivity contribution >= 4 is 33.5 Å². The summed E-state index contributed by atoms with van der Waals surface area (Å²) in [7, 11) is 5.64. The summed E-state index contributed by atoms with van der Waals surface area (Å²) in [5, 5.41) is 0.472. The van der Waals surface area contributed by atoms with Gasteiger partial charge in [0.25, 0.3) is 5.56 Å². The maximum absolute atomic E-state index is 12.6. The van der Waals surface area contributed by atoms with Gasteiger partial charge in [-0.15, -0.1) is 0 Å². The van der Waals surface area contributed by atoms with E-state index in [1.807, 2.05) is 43.3 Å². The molecule has 0 unspecified atom stereocenters. The molecular formula is C17H18N4O2S. The minimum absolute atomic E-state index is 0.317. The fraction of sp³-hybridized carbons (Fsp3) is 0.235. The fourth-order valence-electron chi connectivity index (χ4n) is 2.39. The Morgan fingerprint density at radius 2 is 1.88 bits per heavy atom. The summed E-state index contributed by atoms with van der Waals surface area (Å²) in [6, 6.07) is 11.0. The highest BCUT2D eigenvalue weighted by Crippen LogP contribution is 2.16. The SMILES string of the molecule is CN(Cc1ccc(N(C)C)cc1)C(=O)n1sc2ncccc2c1=O. The van der Waals surface area contributed by atoms with Crippen LogP contribution in [0.4, 0.5) is 10.5 Å². The van der Waals surface area contributed by atoms with E-state index in [0.717, 1.165) is 26.7 Å². The van der Waals surface area contributed by atoms with Crippen molar-refractivity contribution in [3.05, 3.63) is 58.5 Å². The number of pyridine rings is 1. The number of rotatable bonds is 3. The zero-order valence-electron chi connectivity index (χ0n) is 13.8. The molecule has 2 heterocycles. The van der Waals surface area contributed by atoms with E-state index >= 15 is 0 Å². The highest BCUT2D eigenvalue weighted by molar-refractivity contribution is 7.14. The molecule has 0 saturated heterocycles.